The fraction of sp³-hybridized carbons (Fsp3) is 0.933. The van der Waals surface area contributed by atoms with Crippen LogP contribution in [0.25, 0.3) is 0 Å². The molecule has 2 bridgehead atoms. The molecule has 1 N–H and O–H groups in total. The third-order valence-electron chi connectivity index (χ3n) is 5.24. The van der Waals surface area contributed by atoms with Gasteiger partial charge in [-0.1, -0.05) is 13.3 Å². The summed E-state index contributed by atoms with van der Waals surface area (Å²) < 4.78 is 0. The van der Waals surface area contributed by atoms with Crippen LogP contribution < -0.4 is 5.32 Å². The van der Waals surface area contributed by atoms with E-state index in [1.54, 1.807) is 0 Å². The van der Waals surface area contributed by atoms with Crippen LogP contribution >= 0.6 is 0 Å². The maximum Gasteiger partial charge on any atom is 0.237 e. The zero-order chi connectivity index (χ0) is 12.5. The van der Waals surface area contributed by atoms with Crippen molar-refractivity contribution in [1.29, 1.82) is 0 Å². The molecule has 3 heteroatoms. The predicted molar refractivity (Wildman–Crippen MR) is 72.3 cm³/mol. The lowest BCUT2D eigenvalue weighted by Crippen LogP contribution is -2.48. The highest BCUT2D eigenvalue weighted by Gasteiger charge is 2.41. The smallest absolute Gasteiger partial charge is 0.237 e. The zero-order valence-corrected chi connectivity index (χ0v) is 11.5. The first-order chi connectivity index (χ1) is 8.78. The molecule has 1 saturated heterocycles. The van der Waals surface area contributed by atoms with E-state index in [2.05, 4.69) is 17.1 Å². The van der Waals surface area contributed by atoms with Gasteiger partial charge in [0.15, 0.2) is 0 Å². The molecule has 0 unspecified atom stereocenters. The number of fused-ring (bicyclic) bond motifs is 2. The number of nitrogens with one attached hydrogen (secondary N) is 1. The average molecular weight is 250 g/mol. The molecule has 3 aliphatic rings. The minimum atomic E-state index is 0.170. The quantitative estimate of drug-likeness (QED) is 0.829. The molecule has 3 fully saturated rings. The molecule has 0 aromatic carbocycles. The molecule has 1 aliphatic heterocycles. The molecule has 0 aromatic heterocycles. The van der Waals surface area contributed by atoms with Gasteiger partial charge in [0.05, 0.1) is 6.04 Å². The fourth-order valence-corrected chi connectivity index (χ4v) is 4.38. The van der Waals surface area contributed by atoms with Crippen LogP contribution in [-0.2, 0) is 4.79 Å². The van der Waals surface area contributed by atoms with Gasteiger partial charge in [-0.2, -0.15) is 0 Å². The minimum Gasteiger partial charge on any atom is -0.352 e. The third-order valence-corrected chi connectivity index (χ3v) is 5.24. The van der Waals surface area contributed by atoms with Crippen LogP contribution in [0.2, 0.25) is 0 Å². The number of hydrogen-bond donors (Lipinski definition) is 1. The second-order valence-electron chi connectivity index (χ2n) is 6.48. The predicted octanol–water partition coefficient (Wildman–Crippen LogP) is 2.17. The van der Waals surface area contributed by atoms with E-state index in [0.29, 0.717) is 11.9 Å². The summed E-state index contributed by atoms with van der Waals surface area (Å²) in [5.74, 6) is 2.02. The van der Waals surface area contributed by atoms with Gasteiger partial charge >= 0.3 is 0 Å². The lowest BCUT2D eigenvalue weighted by atomic mass is 9.95. The topological polar surface area (TPSA) is 32.3 Å². The second-order valence-corrected chi connectivity index (χ2v) is 6.48. The molecule has 2 saturated carbocycles. The number of carbonyl (C=O) groups is 1. The Morgan fingerprint density at radius 1 is 1.28 bits per heavy atom. The largest absolute Gasteiger partial charge is 0.352 e. The van der Waals surface area contributed by atoms with Crippen molar-refractivity contribution in [3.8, 4) is 0 Å². The van der Waals surface area contributed by atoms with Crippen molar-refractivity contribution in [2.45, 2.75) is 64.0 Å². The number of amides is 1. The van der Waals surface area contributed by atoms with Crippen molar-refractivity contribution in [3.05, 3.63) is 0 Å². The summed E-state index contributed by atoms with van der Waals surface area (Å²) in [4.78, 5) is 14.8. The first kappa shape index (κ1) is 12.5. The third kappa shape index (κ3) is 2.29. The Bertz CT molecular complexity index is 318. The van der Waals surface area contributed by atoms with E-state index in [4.69, 9.17) is 0 Å². The molecule has 4 atom stereocenters. The van der Waals surface area contributed by atoms with Gasteiger partial charge < -0.3 is 5.32 Å². The van der Waals surface area contributed by atoms with Crippen LogP contribution in [0.15, 0.2) is 0 Å². The summed E-state index contributed by atoms with van der Waals surface area (Å²) in [7, 11) is 0. The summed E-state index contributed by atoms with van der Waals surface area (Å²) in [5.41, 5.74) is 0. The molecule has 3 nitrogen and oxygen atoms in total. The van der Waals surface area contributed by atoms with Gasteiger partial charge in [-0.05, 0) is 63.5 Å². The lowest BCUT2D eigenvalue weighted by Gasteiger charge is -2.28. The van der Waals surface area contributed by atoms with E-state index in [9.17, 15) is 4.79 Å². The van der Waals surface area contributed by atoms with Gasteiger partial charge in [0, 0.05) is 6.04 Å². The summed E-state index contributed by atoms with van der Waals surface area (Å²) in [5, 5.41) is 3.36. The highest BCUT2D eigenvalue weighted by Crippen LogP contribution is 2.44. The number of rotatable bonds is 4. The molecule has 0 spiro atoms. The summed E-state index contributed by atoms with van der Waals surface area (Å²) in [6.45, 7) is 4.39. The minimum absolute atomic E-state index is 0.170. The van der Waals surface area contributed by atoms with Gasteiger partial charge in [-0.25, -0.2) is 0 Å². The van der Waals surface area contributed by atoms with Crippen molar-refractivity contribution >= 4 is 5.91 Å². The lowest BCUT2D eigenvalue weighted by molar-refractivity contribution is -0.126. The van der Waals surface area contributed by atoms with Crippen molar-refractivity contribution in [1.82, 2.24) is 10.2 Å². The second kappa shape index (κ2) is 5.20. The van der Waals surface area contributed by atoms with Gasteiger partial charge in [0.1, 0.15) is 0 Å². The maximum atomic E-state index is 12.4. The van der Waals surface area contributed by atoms with Gasteiger partial charge in [0.2, 0.25) is 5.91 Å². The molecule has 1 heterocycles. The van der Waals surface area contributed by atoms with Gasteiger partial charge in [-0.15, -0.1) is 0 Å². The average Bonchev–Trinajstić information content (AvgIpc) is 3.04. The van der Waals surface area contributed by atoms with Crippen LogP contribution in [0.4, 0.5) is 0 Å². The summed E-state index contributed by atoms with van der Waals surface area (Å²) in [6.07, 6.45) is 8.77. The summed E-state index contributed by atoms with van der Waals surface area (Å²) >= 11 is 0. The van der Waals surface area contributed by atoms with E-state index in [-0.39, 0.29) is 6.04 Å². The van der Waals surface area contributed by atoms with Crippen LogP contribution in [0.5, 0.6) is 0 Å². The van der Waals surface area contributed by atoms with Crippen LogP contribution in [-0.4, -0.2) is 36.0 Å². The zero-order valence-electron chi connectivity index (χ0n) is 11.5. The molecular formula is C15H26N2O. The van der Waals surface area contributed by atoms with E-state index < -0.39 is 0 Å². The van der Waals surface area contributed by atoms with E-state index in [1.165, 1.54) is 32.1 Å². The Morgan fingerprint density at radius 2 is 2.17 bits per heavy atom. The van der Waals surface area contributed by atoms with Crippen molar-refractivity contribution in [3.63, 3.8) is 0 Å². The van der Waals surface area contributed by atoms with E-state index in [1.807, 2.05) is 0 Å². The monoisotopic (exact) mass is 250 g/mol. The molecule has 102 valence electrons. The maximum absolute atomic E-state index is 12.4. The number of carbonyl (C=O) groups excluding carboxylic acids is 1. The highest BCUT2D eigenvalue weighted by atomic mass is 16.2. The van der Waals surface area contributed by atoms with Crippen molar-refractivity contribution in [2.75, 3.05) is 13.1 Å². The molecule has 1 amide bonds. The fourth-order valence-electron chi connectivity index (χ4n) is 4.38. The number of likely N-dealkylation sites (tertiary alicyclic amines) is 1. The Labute approximate surface area is 110 Å². The molecule has 0 radical (unpaired) electrons. The van der Waals surface area contributed by atoms with Crippen molar-refractivity contribution in [2.24, 2.45) is 11.8 Å². The van der Waals surface area contributed by atoms with Crippen LogP contribution in [0.1, 0.15) is 51.9 Å². The number of nitrogens with zero attached hydrogens (tertiary/aromatic N) is 1. The Morgan fingerprint density at radius 3 is 2.83 bits per heavy atom. The Kier molecular flexibility index (Phi) is 3.60. The molecule has 0 aromatic rings. The van der Waals surface area contributed by atoms with Crippen LogP contribution in [0, 0.1) is 11.8 Å². The molecular weight excluding hydrogens is 224 g/mol. The van der Waals surface area contributed by atoms with Crippen molar-refractivity contribution < 1.29 is 4.79 Å². The SMILES string of the molecule is CCCN1CCC[C@@H]1C(=O)N[C@H]1C[C@@H]2CC[C@H]1C2. The molecule has 2 aliphatic carbocycles. The summed E-state index contributed by atoms with van der Waals surface area (Å²) in [6, 6.07) is 0.671. The normalized spacial score (nSPS) is 39.4. The Hall–Kier alpha value is -0.570. The first-order valence-electron chi connectivity index (χ1n) is 7.82. The van der Waals surface area contributed by atoms with E-state index in [0.717, 1.165) is 37.8 Å². The molecule has 18 heavy (non-hydrogen) atoms. The van der Waals surface area contributed by atoms with Crippen LogP contribution in [0.3, 0.4) is 0 Å². The Balaban J connectivity index is 1.54. The van der Waals surface area contributed by atoms with Gasteiger partial charge in [-0.3, -0.25) is 9.69 Å². The number of hydrogen-bond acceptors (Lipinski definition) is 2. The first-order valence-corrected chi connectivity index (χ1v) is 7.82. The van der Waals surface area contributed by atoms with E-state index >= 15 is 0 Å². The molecule has 3 rings (SSSR count). The van der Waals surface area contributed by atoms with Gasteiger partial charge in [0.25, 0.3) is 0 Å². The standard InChI is InChI=1S/C15H26N2O/c1-2-7-17-8-3-4-14(17)15(18)16-13-10-11-5-6-12(13)9-11/h11-14H,2-10H2,1H3,(H,16,18)/t11-,12+,13+,14-/m1/s1. The highest BCUT2D eigenvalue weighted by molar-refractivity contribution is 5.82.